The first-order valence-electron chi connectivity index (χ1n) is 12.2. The number of hydrogen-bond acceptors (Lipinski definition) is 7. The average molecular weight is 465 g/mol. The second-order valence-electron chi connectivity index (χ2n) is 10.5. The van der Waals surface area contributed by atoms with Gasteiger partial charge in [-0.05, 0) is 50.5 Å². The van der Waals surface area contributed by atoms with E-state index in [4.69, 9.17) is 14.2 Å². The zero-order valence-corrected chi connectivity index (χ0v) is 20.7. The smallest absolute Gasteiger partial charge is 0.335 e. The van der Waals surface area contributed by atoms with Crippen LogP contribution in [0.3, 0.4) is 0 Å². The largest absolute Gasteiger partial charge is 0.456 e. The van der Waals surface area contributed by atoms with Crippen molar-refractivity contribution in [2.75, 3.05) is 0 Å². The van der Waals surface area contributed by atoms with Crippen LogP contribution in [0.1, 0.15) is 67.2 Å². The molecule has 0 amide bonds. The Morgan fingerprint density at radius 1 is 1.36 bits per heavy atom. The van der Waals surface area contributed by atoms with Crippen LogP contribution in [0, 0.1) is 23.7 Å². The van der Waals surface area contributed by atoms with Gasteiger partial charge < -0.3 is 24.4 Å². The summed E-state index contributed by atoms with van der Waals surface area (Å²) in [4.78, 5) is 25.0. The van der Waals surface area contributed by atoms with E-state index in [1.165, 1.54) is 12.5 Å². The summed E-state index contributed by atoms with van der Waals surface area (Å²) in [5, 5.41) is 21.0. The Labute approximate surface area is 197 Å². The highest BCUT2D eigenvalue weighted by Crippen LogP contribution is 2.54. The van der Waals surface area contributed by atoms with Crippen molar-refractivity contribution in [2.24, 2.45) is 23.7 Å². The molecule has 3 rings (SSSR count). The monoisotopic (exact) mass is 464 g/mol. The molecule has 3 aliphatic rings. The predicted octanol–water partition coefficient (Wildman–Crippen LogP) is 3.32. The van der Waals surface area contributed by atoms with Gasteiger partial charge in [0.05, 0.1) is 12.2 Å². The number of hydrogen-bond donors (Lipinski definition) is 2. The fourth-order valence-electron chi connectivity index (χ4n) is 6.08. The molecule has 0 saturated carbocycles. The Balaban J connectivity index is 2.14. The van der Waals surface area contributed by atoms with Crippen molar-refractivity contribution in [2.45, 2.75) is 103 Å². The summed E-state index contributed by atoms with van der Waals surface area (Å²) in [5.41, 5.74) is 0.485. The first kappa shape index (κ1) is 25.9. The summed E-state index contributed by atoms with van der Waals surface area (Å²) in [6.07, 6.45) is -0.185. The lowest BCUT2D eigenvalue weighted by Crippen LogP contribution is -2.59. The van der Waals surface area contributed by atoms with Crippen molar-refractivity contribution >= 4 is 11.9 Å². The molecular formula is C26H40O7. The normalized spacial score (nSPS) is 39.6. The summed E-state index contributed by atoms with van der Waals surface area (Å²) in [6, 6.07) is 0. The molecule has 9 atom stereocenters. The minimum Gasteiger partial charge on any atom is -0.456 e. The molecule has 2 N–H and O–H groups in total. The minimum absolute atomic E-state index is 0.00984. The van der Waals surface area contributed by atoms with Crippen molar-refractivity contribution in [1.82, 2.24) is 0 Å². The fourth-order valence-corrected chi connectivity index (χ4v) is 6.08. The maximum absolute atomic E-state index is 12.6. The van der Waals surface area contributed by atoms with Crippen molar-refractivity contribution in [3.63, 3.8) is 0 Å². The quantitative estimate of drug-likeness (QED) is 0.475. The van der Waals surface area contributed by atoms with Gasteiger partial charge in [-0.3, -0.25) is 4.79 Å². The van der Waals surface area contributed by atoms with E-state index < -0.39 is 42.0 Å². The molecule has 2 heterocycles. The van der Waals surface area contributed by atoms with Crippen LogP contribution in [-0.4, -0.2) is 58.3 Å². The Hall–Kier alpha value is -1.70. The van der Waals surface area contributed by atoms with Gasteiger partial charge in [-0.2, -0.15) is 0 Å². The number of aliphatic hydroxyl groups is 2. The molecule has 2 fully saturated rings. The molecule has 0 radical (unpaired) electrons. The standard InChI is InChI=1S/C26H40O7/c1-8-18(28)25(30)32-21-12-19(29)15(5)11-20-22-14(4)9-10-17(13(2)3)23(22)24(31-20)26(21,7)33-16(6)27/h9,13,17-24,28-29H,5,8,10-12H2,1-4,6-7H3. The zero-order chi connectivity index (χ0) is 24.7. The third-order valence-electron chi connectivity index (χ3n) is 7.93. The van der Waals surface area contributed by atoms with Crippen LogP contribution in [-0.2, 0) is 23.8 Å². The average Bonchev–Trinajstić information content (AvgIpc) is 3.12. The number of aliphatic hydroxyl groups excluding tert-OH is 2. The lowest BCUT2D eigenvalue weighted by Gasteiger charge is -2.46. The van der Waals surface area contributed by atoms with Crippen molar-refractivity contribution in [3.05, 3.63) is 23.8 Å². The summed E-state index contributed by atoms with van der Waals surface area (Å²) in [6.45, 7) is 15.3. The molecule has 7 heteroatoms. The molecule has 2 aliphatic heterocycles. The molecule has 2 bridgehead atoms. The number of ether oxygens (including phenoxy) is 3. The second kappa shape index (κ2) is 9.88. The van der Waals surface area contributed by atoms with E-state index >= 15 is 0 Å². The van der Waals surface area contributed by atoms with Crippen LogP contribution < -0.4 is 0 Å². The van der Waals surface area contributed by atoms with Gasteiger partial charge in [-0.25, -0.2) is 4.79 Å². The molecule has 0 aromatic heterocycles. The summed E-state index contributed by atoms with van der Waals surface area (Å²) < 4.78 is 18.4. The number of carbonyl (C=O) groups excluding carboxylic acids is 2. The van der Waals surface area contributed by atoms with Crippen LogP contribution in [0.25, 0.3) is 0 Å². The molecule has 33 heavy (non-hydrogen) atoms. The van der Waals surface area contributed by atoms with Gasteiger partial charge in [0.15, 0.2) is 11.7 Å². The minimum atomic E-state index is -1.34. The molecule has 9 unspecified atom stereocenters. The molecule has 1 aliphatic carbocycles. The molecular weight excluding hydrogens is 424 g/mol. The maximum atomic E-state index is 12.6. The van der Waals surface area contributed by atoms with Crippen LogP contribution in [0.4, 0.5) is 0 Å². The number of allylic oxidation sites excluding steroid dienone is 1. The van der Waals surface area contributed by atoms with E-state index in [0.29, 0.717) is 23.8 Å². The maximum Gasteiger partial charge on any atom is 0.335 e. The second-order valence-corrected chi connectivity index (χ2v) is 10.5. The van der Waals surface area contributed by atoms with Gasteiger partial charge in [-0.1, -0.05) is 39.0 Å². The highest BCUT2D eigenvalue weighted by atomic mass is 16.6. The number of rotatable bonds is 5. The van der Waals surface area contributed by atoms with E-state index in [1.807, 2.05) is 0 Å². The number of fused-ring (bicyclic) bond motifs is 5. The first-order valence-corrected chi connectivity index (χ1v) is 12.2. The topological polar surface area (TPSA) is 102 Å². The van der Waals surface area contributed by atoms with Crippen LogP contribution in [0.15, 0.2) is 23.8 Å². The Bertz CT molecular complexity index is 802. The highest BCUT2D eigenvalue weighted by molar-refractivity contribution is 5.74. The van der Waals surface area contributed by atoms with E-state index in [2.05, 4.69) is 33.4 Å². The van der Waals surface area contributed by atoms with Crippen LogP contribution >= 0.6 is 0 Å². The van der Waals surface area contributed by atoms with Crippen molar-refractivity contribution < 1.29 is 34.0 Å². The summed E-state index contributed by atoms with van der Waals surface area (Å²) in [7, 11) is 0. The van der Waals surface area contributed by atoms with Gasteiger partial charge >= 0.3 is 11.9 Å². The van der Waals surface area contributed by atoms with Gasteiger partial charge in [-0.15, -0.1) is 0 Å². The Morgan fingerprint density at radius 3 is 2.61 bits per heavy atom. The van der Waals surface area contributed by atoms with Crippen LogP contribution in [0.5, 0.6) is 0 Å². The lowest BCUT2D eigenvalue weighted by atomic mass is 9.62. The van der Waals surface area contributed by atoms with E-state index in [-0.39, 0.29) is 30.8 Å². The van der Waals surface area contributed by atoms with Gasteiger partial charge in [0.1, 0.15) is 12.2 Å². The molecule has 0 aromatic rings. The molecule has 0 aromatic carbocycles. The van der Waals surface area contributed by atoms with Gasteiger partial charge in [0.25, 0.3) is 0 Å². The van der Waals surface area contributed by atoms with E-state index in [0.717, 1.165) is 6.42 Å². The van der Waals surface area contributed by atoms with Gasteiger partial charge in [0, 0.05) is 25.2 Å². The third kappa shape index (κ3) is 4.91. The molecule has 2 saturated heterocycles. The van der Waals surface area contributed by atoms with E-state index in [9.17, 15) is 19.8 Å². The Kier molecular flexibility index (Phi) is 7.76. The van der Waals surface area contributed by atoms with Crippen molar-refractivity contribution in [1.29, 1.82) is 0 Å². The lowest BCUT2D eigenvalue weighted by molar-refractivity contribution is -0.216. The van der Waals surface area contributed by atoms with E-state index in [1.54, 1.807) is 13.8 Å². The predicted molar refractivity (Wildman–Crippen MR) is 123 cm³/mol. The zero-order valence-electron chi connectivity index (χ0n) is 20.7. The SMILES string of the molecule is C=C1CC2OC(C3C(C(C)C)CC=C(C)C23)C(C)(OC(C)=O)C(OC(=O)C(O)CC)CC1O. The molecule has 0 spiro atoms. The summed E-state index contributed by atoms with van der Waals surface area (Å²) >= 11 is 0. The number of carbonyl (C=O) groups is 2. The van der Waals surface area contributed by atoms with Gasteiger partial charge in [0.2, 0.25) is 0 Å². The summed E-state index contributed by atoms with van der Waals surface area (Å²) in [5.74, 6) is -0.527. The Morgan fingerprint density at radius 2 is 2.03 bits per heavy atom. The fraction of sp³-hybridized carbons (Fsp3) is 0.769. The van der Waals surface area contributed by atoms with Crippen molar-refractivity contribution in [3.8, 4) is 0 Å². The highest BCUT2D eigenvalue weighted by Gasteiger charge is 2.61. The third-order valence-corrected chi connectivity index (χ3v) is 7.93. The van der Waals surface area contributed by atoms with Crippen LogP contribution in [0.2, 0.25) is 0 Å². The number of esters is 2. The molecule has 186 valence electrons. The molecule has 7 nitrogen and oxygen atoms in total. The first-order chi connectivity index (χ1) is 15.4.